The van der Waals surface area contributed by atoms with Crippen LogP contribution < -0.4 is 5.32 Å². The van der Waals surface area contributed by atoms with Crippen molar-refractivity contribution in [3.05, 3.63) is 28.2 Å². The van der Waals surface area contributed by atoms with Crippen molar-refractivity contribution in [1.82, 2.24) is 10.3 Å². The molecule has 1 aliphatic rings. The number of thiazole rings is 1. The Morgan fingerprint density at radius 3 is 2.70 bits per heavy atom. The van der Waals surface area contributed by atoms with Crippen LogP contribution in [0.1, 0.15) is 23.5 Å². The Bertz CT molecular complexity index is 524. The van der Waals surface area contributed by atoms with Gasteiger partial charge in [0.1, 0.15) is 0 Å². The highest BCUT2D eigenvalue weighted by Gasteiger charge is 2.33. The fourth-order valence-electron chi connectivity index (χ4n) is 2.34. The standard InChI is InChI=1S/C14H18N2O3S/c1-9-16-10(8-20-9)6-7-15-13(17)11-4-2-3-5-12(11)14(18)19/h2-3,8,11-12H,4-7H2,1H3,(H,15,17)(H,18,19). The number of allylic oxidation sites excluding steroid dienone is 2. The van der Waals surface area contributed by atoms with Crippen molar-refractivity contribution in [2.75, 3.05) is 6.54 Å². The van der Waals surface area contributed by atoms with E-state index in [0.717, 1.165) is 10.7 Å². The summed E-state index contributed by atoms with van der Waals surface area (Å²) in [6, 6.07) is 0. The molecule has 0 saturated carbocycles. The minimum Gasteiger partial charge on any atom is -0.481 e. The smallest absolute Gasteiger partial charge is 0.307 e. The first-order chi connectivity index (χ1) is 9.58. The van der Waals surface area contributed by atoms with E-state index in [1.165, 1.54) is 0 Å². The number of nitrogens with zero attached hydrogens (tertiary/aromatic N) is 1. The molecule has 0 aliphatic heterocycles. The number of nitrogens with one attached hydrogen (secondary N) is 1. The van der Waals surface area contributed by atoms with E-state index in [4.69, 9.17) is 5.11 Å². The van der Waals surface area contributed by atoms with E-state index in [0.29, 0.717) is 25.8 Å². The maximum absolute atomic E-state index is 12.1. The van der Waals surface area contributed by atoms with Gasteiger partial charge in [-0.2, -0.15) is 0 Å². The number of carbonyl (C=O) groups is 2. The molecule has 1 amide bonds. The van der Waals surface area contributed by atoms with Crippen molar-refractivity contribution in [3.8, 4) is 0 Å². The van der Waals surface area contributed by atoms with Crippen molar-refractivity contribution < 1.29 is 14.7 Å². The largest absolute Gasteiger partial charge is 0.481 e. The van der Waals surface area contributed by atoms with Crippen molar-refractivity contribution in [2.24, 2.45) is 11.8 Å². The van der Waals surface area contributed by atoms with Crippen LogP contribution in [0, 0.1) is 18.8 Å². The Labute approximate surface area is 121 Å². The third-order valence-electron chi connectivity index (χ3n) is 3.43. The predicted octanol–water partition coefficient (Wildman–Crippen LogP) is 1.78. The first-order valence-corrected chi connectivity index (χ1v) is 7.52. The first-order valence-electron chi connectivity index (χ1n) is 6.64. The molecule has 0 bridgehead atoms. The fourth-order valence-corrected chi connectivity index (χ4v) is 2.99. The van der Waals surface area contributed by atoms with Crippen LogP contribution in [0.15, 0.2) is 17.5 Å². The fraction of sp³-hybridized carbons (Fsp3) is 0.500. The molecule has 1 aromatic heterocycles. The molecule has 108 valence electrons. The van der Waals surface area contributed by atoms with Crippen LogP contribution in [0.3, 0.4) is 0 Å². The molecule has 2 N–H and O–H groups in total. The average molecular weight is 294 g/mol. The molecule has 20 heavy (non-hydrogen) atoms. The topological polar surface area (TPSA) is 79.3 Å². The maximum atomic E-state index is 12.1. The Hall–Kier alpha value is -1.69. The summed E-state index contributed by atoms with van der Waals surface area (Å²) >= 11 is 1.58. The summed E-state index contributed by atoms with van der Waals surface area (Å²) in [6.45, 7) is 2.44. The van der Waals surface area contributed by atoms with Gasteiger partial charge in [0.05, 0.1) is 22.5 Å². The molecular formula is C14H18N2O3S. The summed E-state index contributed by atoms with van der Waals surface area (Å²) in [5, 5.41) is 15.0. The second-order valence-corrected chi connectivity index (χ2v) is 5.96. The van der Waals surface area contributed by atoms with Gasteiger partial charge in [0.25, 0.3) is 0 Å². The summed E-state index contributed by atoms with van der Waals surface area (Å²) < 4.78 is 0. The molecule has 2 rings (SSSR count). The number of aryl methyl sites for hydroxylation is 1. The zero-order valence-corrected chi connectivity index (χ0v) is 12.2. The summed E-state index contributed by atoms with van der Waals surface area (Å²) in [6.07, 6.45) is 5.32. The third kappa shape index (κ3) is 3.66. The monoisotopic (exact) mass is 294 g/mol. The molecule has 1 aliphatic carbocycles. The molecule has 6 heteroatoms. The zero-order valence-electron chi connectivity index (χ0n) is 11.3. The van der Waals surface area contributed by atoms with Crippen LogP contribution >= 0.6 is 11.3 Å². The second kappa shape index (κ2) is 6.65. The van der Waals surface area contributed by atoms with Crippen LogP contribution in [0.25, 0.3) is 0 Å². The molecule has 0 radical (unpaired) electrons. The Balaban J connectivity index is 1.84. The van der Waals surface area contributed by atoms with Crippen molar-refractivity contribution in [2.45, 2.75) is 26.2 Å². The predicted molar refractivity (Wildman–Crippen MR) is 76.6 cm³/mol. The van der Waals surface area contributed by atoms with Crippen LogP contribution in [0.4, 0.5) is 0 Å². The van der Waals surface area contributed by atoms with Crippen molar-refractivity contribution in [1.29, 1.82) is 0 Å². The van der Waals surface area contributed by atoms with Crippen molar-refractivity contribution >= 4 is 23.2 Å². The Kier molecular flexibility index (Phi) is 4.89. The first kappa shape index (κ1) is 14.7. The van der Waals surface area contributed by atoms with Crippen LogP contribution in [-0.4, -0.2) is 28.5 Å². The van der Waals surface area contributed by atoms with E-state index >= 15 is 0 Å². The highest BCUT2D eigenvalue weighted by molar-refractivity contribution is 7.09. The molecule has 0 spiro atoms. The van der Waals surface area contributed by atoms with Crippen LogP contribution in [0.2, 0.25) is 0 Å². The van der Waals surface area contributed by atoms with Gasteiger partial charge in [-0.3, -0.25) is 9.59 Å². The number of amides is 1. The molecule has 0 fully saturated rings. The molecule has 0 saturated heterocycles. The Morgan fingerprint density at radius 2 is 2.10 bits per heavy atom. The lowest BCUT2D eigenvalue weighted by atomic mass is 9.82. The van der Waals surface area contributed by atoms with Gasteiger partial charge in [0.15, 0.2) is 0 Å². The van der Waals surface area contributed by atoms with Gasteiger partial charge in [-0.1, -0.05) is 12.2 Å². The second-order valence-electron chi connectivity index (χ2n) is 4.89. The molecule has 2 atom stereocenters. The highest BCUT2D eigenvalue weighted by Crippen LogP contribution is 2.25. The van der Waals surface area contributed by atoms with Crippen LogP contribution in [-0.2, 0) is 16.0 Å². The van der Waals surface area contributed by atoms with E-state index in [1.807, 2.05) is 24.5 Å². The van der Waals surface area contributed by atoms with Gasteiger partial charge >= 0.3 is 5.97 Å². The number of hydrogen-bond donors (Lipinski definition) is 2. The minimum atomic E-state index is -0.898. The maximum Gasteiger partial charge on any atom is 0.307 e. The Morgan fingerprint density at radius 1 is 1.40 bits per heavy atom. The number of aliphatic carboxylic acids is 1. The number of carboxylic acid groups (broad SMARTS) is 1. The van der Waals surface area contributed by atoms with E-state index in [2.05, 4.69) is 10.3 Å². The zero-order chi connectivity index (χ0) is 14.5. The van der Waals surface area contributed by atoms with Gasteiger partial charge < -0.3 is 10.4 Å². The number of carboxylic acids is 1. The van der Waals surface area contributed by atoms with Crippen molar-refractivity contribution in [3.63, 3.8) is 0 Å². The molecule has 5 nitrogen and oxygen atoms in total. The molecule has 0 aromatic carbocycles. The summed E-state index contributed by atoms with van der Waals surface area (Å²) in [4.78, 5) is 27.6. The molecule has 1 heterocycles. The SMILES string of the molecule is Cc1nc(CCNC(=O)C2CC=CCC2C(=O)O)cs1. The lowest BCUT2D eigenvalue weighted by molar-refractivity contribution is -0.147. The number of rotatable bonds is 5. The van der Waals surface area contributed by atoms with E-state index in [-0.39, 0.29) is 5.91 Å². The van der Waals surface area contributed by atoms with Gasteiger partial charge in [0, 0.05) is 18.3 Å². The minimum absolute atomic E-state index is 0.172. The summed E-state index contributed by atoms with van der Waals surface area (Å²) in [5.41, 5.74) is 0.964. The highest BCUT2D eigenvalue weighted by atomic mass is 32.1. The van der Waals surface area contributed by atoms with E-state index in [9.17, 15) is 9.59 Å². The normalized spacial score (nSPS) is 21.6. The van der Waals surface area contributed by atoms with Gasteiger partial charge in [-0.15, -0.1) is 11.3 Å². The number of carbonyl (C=O) groups excluding carboxylic acids is 1. The lowest BCUT2D eigenvalue weighted by Gasteiger charge is -2.24. The van der Waals surface area contributed by atoms with Gasteiger partial charge in [0.2, 0.25) is 5.91 Å². The number of hydrogen-bond acceptors (Lipinski definition) is 4. The van der Waals surface area contributed by atoms with Crippen LogP contribution in [0.5, 0.6) is 0 Å². The quantitative estimate of drug-likeness (QED) is 0.811. The molecule has 1 aromatic rings. The number of aromatic nitrogens is 1. The summed E-state index contributed by atoms with van der Waals surface area (Å²) in [7, 11) is 0. The average Bonchev–Trinajstić information content (AvgIpc) is 2.84. The van der Waals surface area contributed by atoms with E-state index in [1.54, 1.807) is 11.3 Å². The van der Waals surface area contributed by atoms with Gasteiger partial charge in [-0.05, 0) is 19.8 Å². The molecular weight excluding hydrogens is 276 g/mol. The third-order valence-corrected chi connectivity index (χ3v) is 4.26. The van der Waals surface area contributed by atoms with Gasteiger partial charge in [-0.25, -0.2) is 4.98 Å². The lowest BCUT2D eigenvalue weighted by Crippen LogP contribution is -2.39. The molecule has 2 unspecified atom stereocenters. The summed E-state index contributed by atoms with van der Waals surface area (Å²) in [5.74, 6) is -2.14. The van der Waals surface area contributed by atoms with E-state index < -0.39 is 17.8 Å².